The molecule has 9 heteroatoms. The van der Waals surface area contributed by atoms with Crippen molar-refractivity contribution >= 4 is 49.3 Å². The summed E-state index contributed by atoms with van der Waals surface area (Å²) in [6.07, 6.45) is 0. The van der Waals surface area contributed by atoms with Crippen LogP contribution < -0.4 is 14.8 Å². The molecule has 0 spiro atoms. The number of anilines is 1. The summed E-state index contributed by atoms with van der Waals surface area (Å²) in [4.78, 5) is 12.4. The Bertz CT molecular complexity index is 916. The van der Waals surface area contributed by atoms with Gasteiger partial charge in [-0.3, -0.25) is 4.79 Å². The normalized spacial score (nSPS) is 11.5. The Labute approximate surface area is 178 Å². The zero-order chi connectivity index (χ0) is 20.7. The van der Waals surface area contributed by atoms with E-state index < -0.39 is 10.0 Å². The van der Waals surface area contributed by atoms with Crippen LogP contribution in [-0.2, 0) is 20.6 Å². The van der Waals surface area contributed by atoms with Crippen molar-refractivity contribution in [3.05, 3.63) is 52.5 Å². The lowest BCUT2D eigenvalue weighted by molar-refractivity contribution is -0.113. The molecule has 0 heterocycles. The molecule has 6 nitrogen and oxygen atoms in total. The first kappa shape index (κ1) is 22.7. The van der Waals surface area contributed by atoms with Crippen molar-refractivity contribution < 1.29 is 17.9 Å². The first-order valence-electron chi connectivity index (χ1n) is 8.53. The van der Waals surface area contributed by atoms with Gasteiger partial charge in [0.1, 0.15) is 5.75 Å². The zero-order valence-electron chi connectivity index (χ0n) is 15.9. The molecule has 0 atom stereocenters. The first-order chi connectivity index (χ1) is 13.2. The molecule has 0 unspecified atom stereocenters. The van der Waals surface area contributed by atoms with Gasteiger partial charge in [0.2, 0.25) is 15.9 Å². The number of amides is 1. The van der Waals surface area contributed by atoms with Crippen LogP contribution >= 0.6 is 27.7 Å². The number of hydrogen-bond acceptors (Lipinski definition) is 5. The van der Waals surface area contributed by atoms with Crippen LogP contribution in [0.3, 0.4) is 0 Å². The monoisotopic (exact) mass is 486 g/mol. The van der Waals surface area contributed by atoms with Gasteiger partial charge in [-0.05, 0) is 49.7 Å². The number of carbonyl (C=O) groups is 1. The standard InChI is InChI=1S/C19H23BrN2O4S2/c1-13(2)22-28(24,25)16-8-9-18(26-3)17(10-16)21-19(23)12-27-11-14-4-6-15(20)7-5-14/h4-10,13,22H,11-12H2,1-3H3,(H,21,23). The van der Waals surface area contributed by atoms with Crippen molar-refractivity contribution in [2.75, 3.05) is 18.2 Å². The van der Waals surface area contributed by atoms with Gasteiger partial charge in [0, 0.05) is 16.3 Å². The van der Waals surface area contributed by atoms with E-state index in [0.717, 1.165) is 10.0 Å². The fourth-order valence-corrected chi connectivity index (χ4v) is 4.69. The number of ether oxygens (including phenoxy) is 1. The summed E-state index contributed by atoms with van der Waals surface area (Å²) in [5.74, 6) is 1.10. The molecule has 0 saturated carbocycles. The minimum Gasteiger partial charge on any atom is -0.495 e. The first-order valence-corrected chi connectivity index (χ1v) is 12.0. The number of thioether (sulfide) groups is 1. The van der Waals surface area contributed by atoms with Crippen LogP contribution in [-0.4, -0.2) is 33.2 Å². The summed E-state index contributed by atoms with van der Waals surface area (Å²) >= 11 is 4.86. The van der Waals surface area contributed by atoms with E-state index in [-0.39, 0.29) is 22.6 Å². The Morgan fingerprint density at radius 3 is 2.46 bits per heavy atom. The summed E-state index contributed by atoms with van der Waals surface area (Å²) in [6.45, 7) is 3.48. The molecule has 0 radical (unpaired) electrons. The van der Waals surface area contributed by atoms with Crippen LogP contribution in [0.5, 0.6) is 5.75 Å². The van der Waals surface area contributed by atoms with Crippen LogP contribution in [0.4, 0.5) is 5.69 Å². The molecule has 2 aromatic carbocycles. The highest BCUT2D eigenvalue weighted by Crippen LogP contribution is 2.28. The third-order valence-corrected chi connectivity index (χ3v) is 6.75. The average molecular weight is 487 g/mol. The molecule has 152 valence electrons. The molecule has 2 rings (SSSR count). The number of nitrogens with one attached hydrogen (secondary N) is 2. The van der Waals surface area contributed by atoms with E-state index in [1.165, 1.54) is 37.1 Å². The second-order valence-corrected chi connectivity index (χ2v) is 9.92. The van der Waals surface area contributed by atoms with Gasteiger partial charge in [-0.2, -0.15) is 0 Å². The number of methoxy groups -OCH3 is 1. The number of carbonyl (C=O) groups excluding carboxylic acids is 1. The molecule has 0 saturated heterocycles. The highest BCUT2D eigenvalue weighted by atomic mass is 79.9. The molecule has 0 bridgehead atoms. The van der Waals surface area contributed by atoms with Crippen molar-refractivity contribution in [3.8, 4) is 5.75 Å². The molecule has 0 aromatic heterocycles. The van der Waals surface area contributed by atoms with Crippen LogP contribution in [0.2, 0.25) is 0 Å². The van der Waals surface area contributed by atoms with Crippen LogP contribution in [0.25, 0.3) is 0 Å². The van der Waals surface area contributed by atoms with Crippen molar-refractivity contribution in [2.24, 2.45) is 0 Å². The van der Waals surface area contributed by atoms with Gasteiger partial charge in [0.25, 0.3) is 0 Å². The molecule has 0 aliphatic heterocycles. The Balaban J connectivity index is 2.03. The topological polar surface area (TPSA) is 84.5 Å². The highest BCUT2D eigenvalue weighted by molar-refractivity contribution is 9.10. The van der Waals surface area contributed by atoms with Crippen LogP contribution in [0.1, 0.15) is 19.4 Å². The van der Waals surface area contributed by atoms with Crippen molar-refractivity contribution in [3.63, 3.8) is 0 Å². The van der Waals surface area contributed by atoms with Gasteiger partial charge in [0.05, 0.1) is 23.4 Å². The molecule has 2 N–H and O–H groups in total. The molecule has 0 fully saturated rings. The largest absolute Gasteiger partial charge is 0.495 e. The Hall–Kier alpha value is -1.55. The van der Waals surface area contributed by atoms with Crippen LogP contribution in [0.15, 0.2) is 51.8 Å². The summed E-state index contributed by atoms with van der Waals surface area (Å²) < 4.78 is 33.5. The van der Waals surface area contributed by atoms with Gasteiger partial charge < -0.3 is 10.1 Å². The molecule has 28 heavy (non-hydrogen) atoms. The maximum absolute atomic E-state index is 12.4. The fraction of sp³-hybridized carbons (Fsp3) is 0.316. The van der Waals surface area contributed by atoms with E-state index in [2.05, 4.69) is 26.0 Å². The maximum Gasteiger partial charge on any atom is 0.240 e. The van der Waals surface area contributed by atoms with Crippen molar-refractivity contribution in [2.45, 2.75) is 30.5 Å². The number of halogens is 1. The van der Waals surface area contributed by atoms with Crippen LogP contribution in [0, 0.1) is 0 Å². The summed E-state index contributed by atoms with van der Waals surface area (Å²) in [7, 11) is -2.20. The summed E-state index contributed by atoms with van der Waals surface area (Å²) in [6, 6.07) is 12.0. The summed E-state index contributed by atoms with van der Waals surface area (Å²) in [5, 5.41) is 2.74. The van der Waals surface area contributed by atoms with E-state index >= 15 is 0 Å². The minimum absolute atomic E-state index is 0.0693. The zero-order valence-corrected chi connectivity index (χ0v) is 19.1. The number of rotatable bonds is 9. The lowest BCUT2D eigenvalue weighted by Gasteiger charge is -2.14. The molecule has 0 aliphatic rings. The van der Waals surface area contributed by atoms with Crippen molar-refractivity contribution in [1.82, 2.24) is 4.72 Å². The van der Waals surface area contributed by atoms with Gasteiger partial charge in [-0.15, -0.1) is 11.8 Å². The molecular weight excluding hydrogens is 464 g/mol. The van der Waals surface area contributed by atoms with Gasteiger partial charge >= 0.3 is 0 Å². The lowest BCUT2D eigenvalue weighted by Crippen LogP contribution is -2.30. The van der Waals surface area contributed by atoms with E-state index in [9.17, 15) is 13.2 Å². The molecule has 1 amide bonds. The fourth-order valence-electron chi connectivity index (χ4n) is 2.36. The predicted molar refractivity (Wildman–Crippen MR) is 117 cm³/mol. The number of hydrogen-bond donors (Lipinski definition) is 2. The van der Waals surface area contributed by atoms with Gasteiger partial charge in [0.15, 0.2) is 0 Å². The Kier molecular flexibility index (Phi) is 8.36. The smallest absolute Gasteiger partial charge is 0.240 e. The second-order valence-electron chi connectivity index (χ2n) is 6.31. The van der Waals surface area contributed by atoms with Crippen molar-refractivity contribution in [1.29, 1.82) is 0 Å². The van der Waals surface area contributed by atoms with Gasteiger partial charge in [-0.1, -0.05) is 28.1 Å². The summed E-state index contributed by atoms with van der Waals surface area (Å²) in [5.41, 5.74) is 1.44. The highest BCUT2D eigenvalue weighted by Gasteiger charge is 2.18. The SMILES string of the molecule is COc1ccc(S(=O)(=O)NC(C)C)cc1NC(=O)CSCc1ccc(Br)cc1. The molecular formula is C19H23BrN2O4S2. The molecule has 0 aliphatic carbocycles. The number of benzene rings is 2. The minimum atomic E-state index is -3.67. The Morgan fingerprint density at radius 2 is 1.86 bits per heavy atom. The van der Waals surface area contributed by atoms with E-state index in [1.54, 1.807) is 13.8 Å². The average Bonchev–Trinajstić information content (AvgIpc) is 2.62. The molecule has 2 aromatic rings. The number of sulfonamides is 1. The second kappa shape index (κ2) is 10.3. The predicted octanol–water partition coefficient (Wildman–Crippen LogP) is 4.02. The van der Waals surface area contributed by atoms with E-state index in [0.29, 0.717) is 17.2 Å². The third kappa shape index (κ3) is 6.80. The third-order valence-electron chi connectivity index (χ3n) is 3.56. The van der Waals surface area contributed by atoms with E-state index in [4.69, 9.17) is 4.74 Å². The van der Waals surface area contributed by atoms with E-state index in [1.807, 2.05) is 24.3 Å². The maximum atomic E-state index is 12.4. The lowest BCUT2D eigenvalue weighted by atomic mass is 10.2. The van der Waals surface area contributed by atoms with Gasteiger partial charge in [-0.25, -0.2) is 13.1 Å². The quantitative estimate of drug-likeness (QED) is 0.558. The Morgan fingerprint density at radius 1 is 1.18 bits per heavy atom.